The monoisotopic (exact) mass is 989 g/mol. The summed E-state index contributed by atoms with van der Waals surface area (Å²) >= 11 is 1.86. The molecule has 0 radical (unpaired) electrons. The van der Waals surface area contributed by atoms with Gasteiger partial charge in [0.25, 0.3) is 0 Å². The molecule has 0 bridgehead atoms. The molecule has 0 aromatic carbocycles. The third-order valence-corrected chi connectivity index (χ3v) is 7.07. The van der Waals surface area contributed by atoms with E-state index in [4.69, 9.17) is 24.7 Å². The Labute approximate surface area is 411 Å². The Kier molecular flexibility index (Phi) is 99.3. The molecule has 0 aromatic rings. The second-order valence-electron chi connectivity index (χ2n) is 13.3. The van der Waals surface area contributed by atoms with E-state index in [1.807, 2.05) is 53.4 Å². The van der Waals surface area contributed by atoms with Crippen molar-refractivity contribution < 1.29 is 66.8 Å². The zero-order valence-corrected chi connectivity index (χ0v) is 46.0. The predicted octanol–water partition coefficient (Wildman–Crippen LogP) is 6.09. The van der Waals surface area contributed by atoms with Crippen LogP contribution in [0.4, 0.5) is 0 Å². The maximum Gasteiger partial charge on any atom is 0.302 e. The number of unbranched alkanes of at least 4 members (excludes halogenated alkanes) is 1. The summed E-state index contributed by atoms with van der Waals surface area (Å²) in [5.74, 6) is 1.23. The molecule has 2 amide bonds. The Hall–Kier alpha value is -3.46. The van der Waals surface area contributed by atoms with Crippen molar-refractivity contribution in [1.29, 1.82) is 0 Å². The van der Waals surface area contributed by atoms with Crippen LogP contribution in [0, 0.1) is 0 Å². The van der Waals surface area contributed by atoms with Crippen LogP contribution in [-0.2, 0) is 66.8 Å². The summed E-state index contributed by atoms with van der Waals surface area (Å²) in [5.41, 5.74) is 5.35. The first-order chi connectivity index (χ1) is 31.6. The van der Waals surface area contributed by atoms with Crippen molar-refractivity contribution >= 4 is 64.7 Å². The van der Waals surface area contributed by atoms with E-state index >= 15 is 0 Å². The van der Waals surface area contributed by atoms with Crippen molar-refractivity contribution in [2.24, 2.45) is 5.73 Å². The highest BCUT2D eigenvalue weighted by atomic mass is 32.2. The van der Waals surface area contributed by atoms with E-state index < -0.39 is 0 Å². The van der Waals surface area contributed by atoms with Gasteiger partial charge < -0.3 is 55.0 Å². The summed E-state index contributed by atoms with van der Waals surface area (Å²) in [4.78, 5) is 92.9. The van der Waals surface area contributed by atoms with Crippen LogP contribution in [0.1, 0.15) is 155 Å². The maximum atomic E-state index is 11.1. The largest absolute Gasteiger partial charge is 0.466 e. The molecule has 5 N–H and O–H groups in total. The van der Waals surface area contributed by atoms with E-state index in [0.717, 1.165) is 45.3 Å². The fourth-order valence-electron chi connectivity index (χ4n) is 3.08. The average molecular weight is 989 g/mol. The van der Waals surface area contributed by atoms with Gasteiger partial charge in [0.2, 0.25) is 11.8 Å². The maximum absolute atomic E-state index is 11.1. The number of thioether (sulfide) groups is 1. The van der Waals surface area contributed by atoms with E-state index in [9.17, 15) is 43.2 Å². The lowest BCUT2D eigenvalue weighted by Gasteiger charge is -2.14. The lowest BCUT2D eigenvalue weighted by Crippen LogP contribution is -2.39. The quantitative estimate of drug-likeness (QED) is 0.0392. The van der Waals surface area contributed by atoms with Crippen LogP contribution >= 0.6 is 11.8 Å². The van der Waals surface area contributed by atoms with Gasteiger partial charge in [-0.2, -0.15) is 11.8 Å². The summed E-state index contributed by atoms with van der Waals surface area (Å²) in [7, 11) is 1.93. The average Bonchev–Trinajstić information content (AvgIpc) is 3.28. The molecule has 0 heterocycles. The zero-order valence-electron chi connectivity index (χ0n) is 45.2. The smallest absolute Gasteiger partial charge is 0.302 e. The Morgan fingerprint density at radius 2 is 1.06 bits per heavy atom. The van der Waals surface area contributed by atoms with Gasteiger partial charge in [0.1, 0.15) is 37.7 Å². The molecule has 0 saturated heterocycles. The third-order valence-electron chi connectivity index (χ3n) is 6.50. The summed E-state index contributed by atoms with van der Waals surface area (Å²) in [6, 6.07) is -0.325. The molecule has 0 aromatic heterocycles. The number of carbonyl (C=O) groups excluding carboxylic acids is 9. The van der Waals surface area contributed by atoms with Crippen LogP contribution in [0.5, 0.6) is 0 Å². The van der Waals surface area contributed by atoms with E-state index in [2.05, 4.69) is 40.8 Å². The first-order valence-electron chi connectivity index (χ1n) is 23.4. The Morgan fingerprint density at radius 1 is 0.597 bits per heavy atom. The number of aldehydes is 1. The number of rotatable bonds is 28. The Morgan fingerprint density at radius 3 is 1.34 bits per heavy atom. The third kappa shape index (κ3) is 133. The normalized spacial score (nSPS) is 9.34. The molecule has 0 rings (SSSR count). The number of nitrogens with two attached hydrogens (primary N) is 1. The minimum atomic E-state index is -0.325. The number of hydrogen-bond acceptors (Lipinski definition) is 17. The van der Waals surface area contributed by atoms with Gasteiger partial charge in [0, 0.05) is 65.6 Å². The fourth-order valence-corrected chi connectivity index (χ4v) is 3.08. The van der Waals surface area contributed by atoms with Gasteiger partial charge in [0.15, 0.2) is 17.3 Å². The first kappa shape index (κ1) is 83.5. The van der Waals surface area contributed by atoms with Crippen molar-refractivity contribution in [3.05, 3.63) is 0 Å². The number of hydrogen-bond donors (Lipinski definition) is 4. The molecule has 0 aliphatic heterocycles. The molecule has 402 valence electrons. The van der Waals surface area contributed by atoms with Crippen LogP contribution in [0.15, 0.2) is 0 Å². The van der Waals surface area contributed by atoms with E-state index in [1.165, 1.54) is 33.4 Å². The Balaban J connectivity index is -0.0000000833. The molecular formula is C48H100N4O14S. The minimum Gasteiger partial charge on any atom is -0.466 e. The van der Waals surface area contributed by atoms with Crippen LogP contribution in [0.2, 0.25) is 0 Å². The second kappa shape index (κ2) is 79.6. The fraction of sp³-hybridized carbons (Fsp3) is 0.812. The van der Waals surface area contributed by atoms with Crippen LogP contribution in [0.3, 0.4) is 0 Å². The zero-order chi connectivity index (χ0) is 54.1. The molecule has 1 unspecified atom stereocenters. The van der Waals surface area contributed by atoms with Gasteiger partial charge in [-0.3, -0.25) is 33.6 Å². The van der Waals surface area contributed by atoms with Crippen molar-refractivity contribution in [2.45, 2.75) is 161 Å². The second-order valence-corrected chi connectivity index (χ2v) is 14.4. The molecule has 0 spiro atoms. The standard InChI is InChI=1S/C10H20N2O2.C7H13NO3.C7H14O2.C6H12O2.C5H10O2.C4H8O2.C3H9N.C3H6O.C3H8S/c1-3-10(14)12-9(8(2)13)6-4-5-7-11;1-3-8-7(10)5-11-4-6(2)9;1-3-9-6-4-5-7(2)8;1-3-8-5-4-6(2)7;1-3-7-4-5(2)6;1-3-6-4(2)5;1-3-4-2;1-2-3-4;1-3-4-2/h9H,3-7,11H2,1-2H3,(H,12,14);3-5H2,1-2H3,(H,8,10);3-6H2,1-2H3;3-5H2,1-2H3;3-4H2,1-2H3;3H2,1-2H3;4H,3H2,1-2H3;3H,2H2,1H3;3H2,1-2H3. The van der Waals surface area contributed by atoms with Crippen molar-refractivity contribution in [2.75, 3.05) is 98.2 Å². The lowest BCUT2D eigenvalue weighted by molar-refractivity contribution is -0.140. The van der Waals surface area contributed by atoms with Gasteiger partial charge in [-0.1, -0.05) is 27.7 Å². The topological polar surface area (TPSA) is 262 Å². The van der Waals surface area contributed by atoms with E-state index in [-0.39, 0.29) is 72.6 Å². The van der Waals surface area contributed by atoms with Gasteiger partial charge in [0.05, 0.1) is 19.3 Å². The molecule has 0 fully saturated rings. The van der Waals surface area contributed by atoms with Crippen molar-refractivity contribution in [3.8, 4) is 0 Å². The number of amides is 2. The Bertz CT molecular complexity index is 1110. The molecule has 18 nitrogen and oxygen atoms in total. The van der Waals surface area contributed by atoms with Gasteiger partial charge in [-0.15, -0.1) is 0 Å². The number of esters is 1. The highest BCUT2D eigenvalue weighted by Gasteiger charge is 2.15. The number of likely N-dealkylation sites (N-methyl/N-ethyl adjacent to an activating group) is 1. The highest BCUT2D eigenvalue weighted by Crippen LogP contribution is 2.02. The SMILES string of the molecule is CCC(=O)NC(CCCCN)C(C)=O.CCC=O.CCNC.CCNC(=O)COCC(C)=O.CCOC(C)=O.CCOCC(C)=O.CCOCCC(C)=O.CCOCCCC(C)=O.CCSC. The number of ether oxygens (including phenoxy) is 5. The molecule has 0 aliphatic carbocycles. The number of carbonyl (C=O) groups is 9. The summed E-state index contributed by atoms with van der Waals surface area (Å²) in [6.07, 6.45) is 8.56. The first-order valence-corrected chi connectivity index (χ1v) is 24.8. The molecule has 0 aliphatic rings. The number of nitrogens with one attached hydrogen (secondary N) is 3. The molecule has 67 heavy (non-hydrogen) atoms. The van der Waals surface area contributed by atoms with E-state index in [1.54, 1.807) is 27.7 Å². The lowest BCUT2D eigenvalue weighted by atomic mass is 10.1. The number of ketones is 5. The molecule has 19 heteroatoms. The van der Waals surface area contributed by atoms with Gasteiger partial charge in [-0.25, -0.2) is 0 Å². The molecular weight excluding hydrogens is 889 g/mol. The van der Waals surface area contributed by atoms with Crippen molar-refractivity contribution in [3.63, 3.8) is 0 Å². The molecule has 0 saturated carbocycles. The van der Waals surface area contributed by atoms with Crippen molar-refractivity contribution in [1.82, 2.24) is 16.0 Å². The molecule has 1 atom stereocenters. The van der Waals surface area contributed by atoms with Gasteiger partial charge in [-0.05, 0) is 127 Å². The number of Topliss-reactive ketones (excluding diaryl/α,β-unsaturated/α-hetero) is 5. The van der Waals surface area contributed by atoms with Crippen LogP contribution < -0.4 is 21.7 Å². The summed E-state index contributed by atoms with van der Waals surface area (Å²) in [6.45, 7) is 32.5. The van der Waals surface area contributed by atoms with E-state index in [0.29, 0.717) is 71.6 Å². The predicted molar refractivity (Wildman–Crippen MR) is 274 cm³/mol. The minimum absolute atomic E-state index is 0.0110. The summed E-state index contributed by atoms with van der Waals surface area (Å²) < 4.78 is 23.9. The highest BCUT2D eigenvalue weighted by molar-refractivity contribution is 7.98. The van der Waals surface area contributed by atoms with Crippen LogP contribution in [0.25, 0.3) is 0 Å². The van der Waals surface area contributed by atoms with Gasteiger partial charge >= 0.3 is 5.97 Å². The van der Waals surface area contributed by atoms with Crippen LogP contribution in [-0.4, -0.2) is 157 Å². The summed E-state index contributed by atoms with van der Waals surface area (Å²) in [5, 5.41) is 8.17.